The van der Waals surface area contributed by atoms with E-state index in [4.69, 9.17) is 14.2 Å². The van der Waals surface area contributed by atoms with Crippen molar-refractivity contribution in [3.8, 4) is 22.6 Å². The van der Waals surface area contributed by atoms with Crippen molar-refractivity contribution in [1.82, 2.24) is 0 Å². The highest BCUT2D eigenvalue weighted by atomic mass is 16.5. The number of hydrogen-bond acceptors (Lipinski definition) is 6. The van der Waals surface area contributed by atoms with E-state index in [0.717, 1.165) is 0 Å². The molecule has 0 saturated carbocycles. The molecular formula is C20H22O6. The molecule has 0 radical (unpaired) electrons. The standard InChI is InChI=1S/C20H22O6/c1-6-26-20(23)15-11(2)16(13-7-9-14(24-4)10-8-13)18(21)17(12(15)3)19(22)25-5/h7-10,21H,6H2,1-5H3. The lowest BCUT2D eigenvalue weighted by Gasteiger charge is -2.19. The van der Waals surface area contributed by atoms with Gasteiger partial charge >= 0.3 is 11.9 Å². The first-order chi connectivity index (χ1) is 12.4. The van der Waals surface area contributed by atoms with Crippen molar-refractivity contribution in [2.24, 2.45) is 0 Å². The predicted octanol–water partition coefficient (Wildman–Crippen LogP) is 3.65. The fourth-order valence-corrected chi connectivity index (χ4v) is 2.98. The van der Waals surface area contributed by atoms with Gasteiger partial charge in [0.1, 0.15) is 17.1 Å². The molecule has 26 heavy (non-hydrogen) atoms. The molecule has 0 aliphatic rings. The Kier molecular flexibility index (Phi) is 5.87. The van der Waals surface area contributed by atoms with Crippen LogP contribution in [-0.4, -0.2) is 37.9 Å². The van der Waals surface area contributed by atoms with Crippen molar-refractivity contribution in [3.63, 3.8) is 0 Å². The van der Waals surface area contributed by atoms with Crippen LogP contribution in [0.4, 0.5) is 0 Å². The highest BCUT2D eigenvalue weighted by molar-refractivity contribution is 6.04. The fourth-order valence-electron chi connectivity index (χ4n) is 2.98. The normalized spacial score (nSPS) is 10.3. The SMILES string of the molecule is CCOC(=O)c1c(C)c(C(=O)OC)c(O)c(-c2ccc(OC)cc2)c1C. The third-order valence-corrected chi connectivity index (χ3v) is 4.22. The summed E-state index contributed by atoms with van der Waals surface area (Å²) in [5.74, 6) is -0.857. The molecule has 6 nitrogen and oxygen atoms in total. The number of phenolic OH excluding ortho intramolecular Hbond substituents is 1. The second-order valence-electron chi connectivity index (χ2n) is 5.66. The molecule has 0 spiro atoms. The zero-order valence-electron chi connectivity index (χ0n) is 15.5. The Bertz CT molecular complexity index is 837. The summed E-state index contributed by atoms with van der Waals surface area (Å²) in [7, 11) is 2.77. The van der Waals surface area contributed by atoms with Gasteiger partial charge in [-0.05, 0) is 49.6 Å². The van der Waals surface area contributed by atoms with Gasteiger partial charge in [-0.3, -0.25) is 0 Å². The van der Waals surface area contributed by atoms with Crippen LogP contribution in [0.1, 0.15) is 38.8 Å². The summed E-state index contributed by atoms with van der Waals surface area (Å²) in [5, 5.41) is 10.8. The summed E-state index contributed by atoms with van der Waals surface area (Å²) in [6, 6.07) is 6.95. The van der Waals surface area contributed by atoms with Gasteiger partial charge in [0.05, 0.1) is 26.4 Å². The van der Waals surface area contributed by atoms with Crippen molar-refractivity contribution in [2.75, 3.05) is 20.8 Å². The van der Waals surface area contributed by atoms with Crippen LogP contribution in [0.3, 0.4) is 0 Å². The number of ether oxygens (including phenoxy) is 3. The van der Waals surface area contributed by atoms with Gasteiger partial charge in [-0.15, -0.1) is 0 Å². The molecule has 0 unspecified atom stereocenters. The predicted molar refractivity (Wildman–Crippen MR) is 96.9 cm³/mol. The summed E-state index contributed by atoms with van der Waals surface area (Å²) >= 11 is 0. The number of carbonyl (C=O) groups is 2. The maximum atomic E-state index is 12.5. The van der Waals surface area contributed by atoms with E-state index in [-0.39, 0.29) is 23.5 Å². The van der Waals surface area contributed by atoms with Crippen molar-refractivity contribution in [2.45, 2.75) is 20.8 Å². The third kappa shape index (κ3) is 3.35. The average Bonchev–Trinajstić information content (AvgIpc) is 2.62. The maximum Gasteiger partial charge on any atom is 0.341 e. The second-order valence-corrected chi connectivity index (χ2v) is 5.66. The van der Waals surface area contributed by atoms with E-state index in [2.05, 4.69) is 0 Å². The molecule has 0 aromatic heterocycles. The van der Waals surface area contributed by atoms with E-state index in [1.807, 2.05) is 0 Å². The van der Waals surface area contributed by atoms with Crippen LogP contribution in [-0.2, 0) is 9.47 Å². The number of rotatable bonds is 5. The van der Waals surface area contributed by atoms with Crippen LogP contribution < -0.4 is 4.74 Å². The molecule has 2 aromatic rings. The molecule has 2 aromatic carbocycles. The lowest BCUT2D eigenvalue weighted by atomic mass is 9.88. The number of benzene rings is 2. The number of aromatic hydroxyl groups is 1. The molecular weight excluding hydrogens is 336 g/mol. The minimum atomic E-state index is -0.722. The molecule has 138 valence electrons. The minimum absolute atomic E-state index is 0.0491. The number of esters is 2. The summed E-state index contributed by atoms with van der Waals surface area (Å²) in [4.78, 5) is 24.7. The van der Waals surface area contributed by atoms with E-state index in [1.165, 1.54) is 7.11 Å². The van der Waals surface area contributed by atoms with Crippen LogP contribution in [0.5, 0.6) is 11.5 Å². The zero-order valence-corrected chi connectivity index (χ0v) is 15.5. The van der Waals surface area contributed by atoms with Crippen LogP contribution in [0.25, 0.3) is 11.1 Å². The Labute approximate surface area is 152 Å². The van der Waals surface area contributed by atoms with E-state index in [9.17, 15) is 14.7 Å². The first kappa shape index (κ1) is 19.3. The minimum Gasteiger partial charge on any atom is -0.506 e. The second kappa shape index (κ2) is 7.91. The first-order valence-electron chi connectivity index (χ1n) is 8.13. The topological polar surface area (TPSA) is 82.1 Å². The van der Waals surface area contributed by atoms with Gasteiger partial charge in [-0.25, -0.2) is 9.59 Å². The van der Waals surface area contributed by atoms with E-state index in [0.29, 0.717) is 28.0 Å². The Balaban J connectivity index is 2.83. The number of phenols is 1. The Morgan fingerprint density at radius 2 is 1.58 bits per heavy atom. The third-order valence-electron chi connectivity index (χ3n) is 4.22. The quantitative estimate of drug-likeness (QED) is 0.822. The molecule has 0 bridgehead atoms. The zero-order chi connectivity index (χ0) is 19.4. The Hall–Kier alpha value is -3.02. The molecule has 0 atom stereocenters. The molecule has 2 rings (SSSR count). The number of hydrogen-bond donors (Lipinski definition) is 1. The Morgan fingerprint density at radius 3 is 2.08 bits per heavy atom. The molecule has 0 amide bonds. The number of methoxy groups -OCH3 is 2. The van der Waals surface area contributed by atoms with Crippen LogP contribution in [0, 0.1) is 13.8 Å². The van der Waals surface area contributed by atoms with Gasteiger partial charge in [0.25, 0.3) is 0 Å². The first-order valence-corrected chi connectivity index (χ1v) is 8.13. The van der Waals surface area contributed by atoms with Crippen molar-refractivity contribution in [1.29, 1.82) is 0 Å². The lowest BCUT2D eigenvalue weighted by molar-refractivity contribution is 0.0524. The van der Waals surface area contributed by atoms with Crippen molar-refractivity contribution in [3.05, 3.63) is 46.5 Å². The van der Waals surface area contributed by atoms with Gasteiger partial charge in [-0.2, -0.15) is 0 Å². The molecule has 0 saturated heterocycles. The molecule has 6 heteroatoms. The summed E-state index contributed by atoms with van der Waals surface area (Å²) < 4.78 is 15.1. The van der Waals surface area contributed by atoms with E-state index in [1.54, 1.807) is 52.1 Å². The van der Waals surface area contributed by atoms with Gasteiger partial charge in [0.2, 0.25) is 0 Å². The molecule has 0 fully saturated rings. The van der Waals surface area contributed by atoms with E-state index >= 15 is 0 Å². The monoisotopic (exact) mass is 358 g/mol. The average molecular weight is 358 g/mol. The molecule has 1 N–H and O–H groups in total. The van der Waals surface area contributed by atoms with Crippen molar-refractivity contribution < 1.29 is 28.9 Å². The van der Waals surface area contributed by atoms with Crippen LogP contribution in [0.15, 0.2) is 24.3 Å². The Morgan fingerprint density at radius 1 is 0.962 bits per heavy atom. The fraction of sp³-hybridized carbons (Fsp3) is 0.300. The van der Waals surface area contributed by atoms with Gasteiger partial charge in [0, 0.05) is 5.56 Å². The highest BCUT2D eigenvalue weighted by Gasteiger charge is 2.28. The van der Waals surface area contributed by atoms with E-state index < -0.39 is 11.9 Å². The molecule has 0 aliphatic heterocycles. The number of carbonyl (C=O) groups excluding carboxylic acids is 2. The molecule has 0 aliphatic carbocycles. The summed E-state index contributed by atoms with van der Waals surface area (Å²) in [6.45, 7) is 5.20. The smallest absolute Gasteiger partial charge is 0.341 e. The van der Waals surface area contributed by atoms with Gasteiger partial charge in [-0.1, -0.05) is 12.1 Å². The van der Waals surface area contributed by atoms with Crippen molar-refractivity contribution >= 4 is 11.9 Å². The molecule has 0 heterocycles. The largest absolute Gasteiger partial charge is 0.506 e. The summed E-state index contributed by atoms with van der Waals surface area (Å²) in [6.07, 6.45) is 0. The van der Waals surface area contributed by atoms with Gasteiger partial charge < -0.3 is 19.3 Å². The van der Waals surface area contributed by atoms with Crippen LogP contribution >= 0.6 is 0 Å². The highest BCUT2D eigenvalue weighted by Crippen LogP contribution is 2.40. The van der Waals surface area contributed by atoms with Crippen LogP contribution in [0.2, 0.25) is 0 Å². The lowest BCUT2D eigenvalue weighted by Crippen LogP contribution is -2.15. The maximum absolute atomic E-state index is 12.5. The van der Waals surface area contributed by atoms with Gasteiger partial charge in [0.15, 0.2) is 0 Å². The summed E-state index contributed by atoms with van der Waals surface area (Å²) in [5.41, 5.74) is 2.06.